The van der Waals surface area contributed by atoms with Gasteiger partial charge in [0.2, 0.25) is 17.8 Å². The summed E-state index contributed by atoms with van der Waals surface area (Å²) in [5.41, 5.74) is 17.1. The van der Waals surface area contributed by atoms with Crippen molar-refractivity contribution in [3.63, 3.8) is 0 Å². The summed E-state index contributed by atoms with van der Waals surface area (Å²) < 4.78 is 0. The van der Waals surface area contributed by atoms with E-state index < -0.39 is 0 Å². The second kappa shape index (κ2) is 11.1. The monoisotopic (exact) mass is 488 g/mol. The van der Waals surface area contributed by atoms with Gasteiger partial charge in [0.25, 0.3) is 0 Å². The van der Waals surface area contributed by atoms with Gasteiger partial charge in [0.05, 0.1) is 0 Å². The molecule has 0 aliphatic rings. The Morgan fingerprint density at radius 2 is 1.00 bits per heavy atom. The summed E-state index contributed by atoms with van der Waals surface area (Å²) in [7, 11) is 0. The Morgan fingerprint density at radius 3 is 1.43 bits per heavy atom. The van der Waals surface area contributed by atoms with Gasteiger partial charge in [0.15, 0.2) is 0 Å². The minimum Gasteiger partial charge on any atom is -0.399 e. The van der Waals surface area contributed by atoms with Gasteiger partial charge in [-0.05, 0) is 47.5 Å². The Bertz CT molecular complexity index is 1350. The van der Waals surface area contributed by atoms with Gasteiger partial charge in [-0.1, -0.05) is 72.8 Å². The molecule has 0 bridgehead atoms. The Hall–Kier alpha value is -5.11. The van der Waals surface area contributed by atoms with Crippen molar-refractivity contribution in [3.05, 3.63) is 120 Å². The third-order valence-electron chi connectivity index (χ3n) is 5.62. The number of rotatable bonds is 9. The van der Waals surface area contributed by atoms with Crippen LogP contribution in [-0.2, 0) is 13.1 Å². The van der Waals surface area contributed by atoms with E-state index in [2.05, 4.69) is 44.8 Å². The quantitative estimate of drug-likeness (QED) is 0.194. The molecule has 0 saturated heterocycles. The molecule has 0 atom stereocenters. The molecule has 0 fully saturated rings. The topological polar surface area (TPSA) is 118 Å². The molecule has 1 heterocycles. The standard InChI is InChI=1S/C29H28N8/c30-23-13-7-15-25(17-23)32-27-34-28(33-26-16-8-14-24(31)18-26)36-29(35-27)37(19-21-9-3-1-4-10-21)20-22-11-5-2-6-12-22/h1-18H,19-20,30-31H2,(H2,32,33,34,35,36). The minimum atomic E-state index is 0.396. The molecule has 37 heavy (non-hydrogen) atoms. The van der Waals surface area contributed by atoms with Crippen molar-refractivity contribution in [3.8, 4) is 0 Å². The molecule has 8 heteroatoms. The van der Waals surface area contributed by atoms with E-state index in [0.29, 0.717) is 42.3 Å². The molecule has 0 aliphatic carbocycles. The highest BCUT2D eigenvalue weighted by Gasteiger charge is 2.16. The number of hydrogen-bond acceptors (Lipinski definition) is 8. The molecular formula is C29H28N8. The fraction of sp³-hybridized carbons (Fsp3) is 0.0690. The number of nitrogen functional groups attached to an aromatic ring is 2. The molecule has 0 spiro atoms. The molecular weight excluding hydrogens is 460 g/mol. The van der Waals surface area contributed by atoms with E-state index >= 15 is 0 Å². The van der Waals surface area contributed by atoms with Gasteiger partial charge in [-0.3, -0.25) is 0 Å². The van der Waals surface area contributed by atoms with Crippen molar-refractivity contribution >= 4 is 40.6 Å². The van der Waals surface area contributed by atoms with E-state index in [1.807, 2.05) is 84.9 Å². The first-order valence-electron chi connectivity index (χ1n) is 11.9. The zero-order valence-corrected chi connectivity index (χ0v) is 20.3. The number of anilines is 7. The zero-order chi connectivity index (χ0) is 25.5. The third-order valence-corrected chi connectivity index (χ3v) is 5.62. The SMILES string of the molecule is Nc1cccc(Nc2nc(Nc3cccc(N)c3)nc(N(Cc3ccccc3)Cc3ccccc3)n2)c1. The molecule has 184 valence electrons. The van der Waals surface area contributed by atoms with Crippen LogP contribution in [0, 0.1) is 0 Å². The first kappa shape index (κ1) is 23.6. The summed E-state index contributed by atoms with van der Waals surface area (Å²) in [6.07, 6.45) is 0. The molecule has 0 amide bonds. The van der Waals surface area contributed by atoms with Crippen molar-refractivity contribution < 1.29 is 0 Å². The summed E-state index contributed by atoms with van der Waals surface area (Å²) in [6.45, 7) is 1.24. The molecule has 0 aliphatic heterocycles. The summed E-state index contributed by atoms with van der Waals surface area (Å²) in [5, 5.41) is 6.54. The molecule has 4 aromatic carbocycles. The lowest BCUT2D eigenvalue weighted by atomic mass is 10.2. The van der Waals surface area contributed by atoms with Crippen LogP contribution in [0.3, 0.4) is 0 Å². The van der Waals surface area contributed by atoms with E-state index in [-0.39, 0.29) is 0 Å². The molecule has 0 unspecified atom stereocenters. The predicted octanol–water partition coefficient (Wildman–Crippen LogP) is 5.73. The van der Waals surface area contributed by atoms with Crippen molar-refractivity contribution in [2.45, 2.75) is 13.1 Å². The predicted molar refractivity (Wildman–Crippen MR) is 151 cm³/mol. The normalized spacial score (nSPS) is 10.6. The average molecular weight is 489 g/mol. The van der Waals surface area contributed by atoms with E-state index in [9.17, 15) is 0 Å². The van der Waals surface area contributed by atoms with Crippen molar-refractivity contribution in [2.24, 2.45) is 0 Å². The van der Waals surface area contributed by atoms with Gasteiger partial charge >= 0.3 is 0 Å². The van der Waals surface area contributed by atoms with Crippen molar-refractivity contribution in [1.82, 2.24) is 15.0 Å². The van der Waals surface area contributed by atoms with E-state index in [4.69, 9.17) is 21.4 Å². The van der Waals surface area contributed by atoms with E-state index in [1.165, 1.54) is 0 Å². The van der Waals surface area contributed by atoms with Crippen molar-refractivity contribution in [2.75, 3.05) is 27.0 Å². The molecule has 5 rings (SSSR count). The molecule has 8 nitrogen and oxygen atoms in total. The number of nitrogens with two attached hydrogens (primary N) is 2. The molecule has 6 N–H and O–H groups in total. The lowest BCUT2D eigenvalue weighted by Gasteiger charge is -2.24. The highest BCUT2D eigenvalue weighted by Crippen LogP contribution is 2.24. The number of hydrogen-bond donors (Lipinski definition) is 4. The van der Waals surface area contributed by atoms with Crippen molar-refractivity contribution in [1.29, 1.82) is 0 Å². The van der Waals surface area contributed by atoms with Crippen LogP contribution in [0.1, 0.15) is 11.1 Å². The van der Waals surface area contributed by atoms with E-state index in [1.54, 1.807) is 0 Å². The lowest BCUT2D eigenvalue weighted by molar-refractivity contribution is 0.760. The fourth-order valence-corrected chi connectivity index (χ4v) is 3.91. The van der Waals surface area contributed by atoms with Gasteiger partial charge in [-0.2, -0.15) is 15.0 Å². The highest BCUT2D eigenvalue weighted by atomic mass is 15.3. The maximum absolute atomic E-state index is 5.98. The highest BCUT2D eigenvalue weighted by molar-refractivity contribution is 5.64. The van der Waals surface area contributed by atoms with Gasteiger partial charge in [0.1, 0.15) is 0 Å². The average Bonchev–Trinajstić information content (AvgIpc) is 2.89. The molecule has 0 radical (unpaired) electrons. The van der Waals surface area contributed by atoms with Crippen LogP contribution in [0.25, 0.3) is 0 Å². The number of aromatic nitrogens is 3. The Morgan fingerprint density at radius 1 is 0.541 bits per heavy atom. The lowest BCUT2D eigenvalue weighted by Crippen LogP contribution is -2.25. The second-order valence-electron chi connectivity index (χ2n) is 8.61. The van der Waals surface area contributed by atoms with Crippen LogP contribution >= 0.6 is 0 Å². The molecule has 0 saturated carbocycles. The van der Waals surface area contributed by atoms with Crippen LogP contribution < -0.4 is 27.0 Å². The summed E-state index contributed by atoms with van der Waals surface area (Å²) in [6, 6.07) is 35.4. The largest absolute Gasteiger partial charge is 0.399 e. The van der Waals surface area contributed by atoms with Crippen LogP contribution in [0.15, 0.2) is 109 Å². The first-order valence-corrected chi connectivity index (χ1v) is 11.9. The van der Waals surface area contributed by atoms with Gasteiger partial charge < -0.3 is 27.0 Å². The summed E-state index contributed by atoms with van der Waals surface area (Å²) in [4.78, 5) is 16.3. The van der Waals surface area contributed by atoms with Gasteiger partial charge in [-0.25, -0.2) is 0 Å². The summed E-state index contributed by atoms with van der Waals surface area (Å²) >= 11 is 0. The maximum atomic E-state index is 5.98. The Labute approximate surface area is 216 Å². The molecule has 1 aromatic heterocycles. The Kier molecular flexibility index (Phi) is 7.08. The number of nitrogens with one attached hydrogen (secondary N) is 2. The van der Waals surface area contributed by atoms with Gasteiger partial charge in [0, 0.05) is 35.8 Å². The van der Waals surface area contributed by atoms with E-state index in [0.717, 1.165) is 22.5 Å². The minimum absolute atomic E-state index is 0.396. The summed E-state index contributed by atoms with van der Waals surface area (Å²) in [5.74, 6) is 1.32. The van der Waals surface area contributed by atoms with Crippen LogP contribution in [-0.4, -0.2) is 15.0 Å². The van der Waals surface area contributed by atoms with Crippen LogP contribution in [0.2, 0.25) is 0 Å². The fourth-order valence-electron chi connectivity index (χ4n) is 3.91. The first-order chi connectivity index (χ1) is 18.1. The van der Waals surface area contributed by atoms with Gasteiger partial charge in [-0.15, -0.1) is 0 Å². The van der Waals surface area contributed by atoms with Crippen LogP contribution in [0.4, 0.5) is 40.6 Å². The zero-order valence-electron chi connectivity index (χ0n) is 20.3. The second-order valence-corrected chi connectivity index (χ2v) is 8.61. The number of nitrogens with zero attached hydrogens (tertiary/aromatic N) is 4. The molecule has 5 aromatic rings. The third kappa shape index (κ3) is 6.52. The smallest absolute Gasteiger partial charge is 0.233 e. The Balaban J connectivity index is 1.54. The van der Waals surface area contributed by atoms with Crippen LogP contribution in [0.5, 0.6) is 0 Å². The number of benzene rings is 4. The maximum Gasteiger partial charge on any atom is 0.233 e.